The second kappa shape index (κ2) is 14.7. The standard InChI is InChI=1S/C22H41N5/c23-15-7-1-2-8-16-24-17-9-3-4-10-18-25-19-11-14-22-26-20-12-5-6-13-21(20)27-22/h5-6,12-13,22,24-27H,1-4,7-11,14-19,23H2. The summed E-state index contributed by atoms with van der Waals surface area (Å²) in [7, 11) is 0. The van der Waals surface area contributed by atoms with Gasteiger partial charge >= 0.3 is 0 Å². The fourth-order valence-corrected chi connectivity index (χ4v) is 3.57. The van der Waals surface area contributed by atoms with Crippen LogP contribution in [0.5, 0.6) is 0 Å². The molecule has 0 radical (unpaired) electrons. The van der Waals surface area contributed by atoms with Gasteiger partial charge in [-0.3, -0.25) is 0 Å². The molecule has 0 amide bonds. The highest BCUT2D eigenvalue weighted by Gasteiger charge is 2.17. The van der Waals surface area contributed by atoms with Crippen molar-refractivity contribution in [1.29, 1.82) is 0 Å². The Hall–Kier alpha value is -1.30. The van der Waals surface area contributed by atoms with Crippen molar-refractivity contribution in [2.45, 2.75) is 70.4 Å². The fraction of sp³-hybridized carbons (Fsp3) is 0.727. The lowest BCUT2D eigenvalue weighted by Gasteiger charge is -2.12. The fourth-order valence-electron chi connectivity index (χ4n) is 3.57. The highest BCUT2D eigenvalue weighted by molar-refractivity contribution is 5.74. The van der Waals surface area contributed by atoms with Crippen LogP contribution in [0.25, 0.3) is 0 Å². The maximum absolute atomic E-state index is 5.50. The van der Waals surface area contributed by atoms with Crippen molar-refractivity contribution >= 4 is 11.4 Å². The molecule has 5 heteroatoms. The second-order valence-electron chi connectivity index (χ2n) is 7.65. The Kier molecular flexibility index (Phi) is 12.0. The molecule has 0 aromatic heterocycles. The molecule has 0 saturated heterocycles. The van der Waals surface area contributed by atoms with Gasteiger partial charge in [-0.25, -0.2) is 0 Å². The number of fused-ring (bicyclic) bond motifs is 1. The summed E-state index contributed by atoms with van der Waals surface area (Å²) in [5.41, 5.74) is 7.96. The molecule has 1 heterocycles. The molecule has 1 aliphatic heterocycles. The Morgan fingerprint density at radius 3 is 1.67 bits per heavy atom. The normalized spacial score (nSPS) is 13.4. The van der Waals surface area contributed by atoms with E-state index in [4.69, 9.17) is 5.73 Å². The summed E-state index contributed by atoms with van der Waals surface area (Å²) in [6.07, 6.45) is 13.1. The molecule has 0 atom stereocenters. The van der Waals surface area contributed by atoms with E-state index in [0.717, 1.165) is 26.1 Å². The summed E-state index contributed by atoms with van der Waals surface area (Å²) in [5.74, 6) is 0. The third-order valence-corrected chi connectivity index (χ3v) is 5.20. The van der Waals surface area contributed by atoms with Crippen LogP contribution >= 0.6 is 0 Å². The first kappa shape index (κ1) is 22.0. The van der Waals surface area contributed by atoms with Crippen LogP contribution in [0, 0.1) is 0 Å². The first-order valence-electron chi connectivity index (χ1n) is 11.1. The minimum absolute atomic E-state index is 0.386. The van der Waals surface area contributed by atoms with Gasteiger partial charge in [0, 0.05) is 0 Å². The topological polar surface area (TPSA) is 74.1 Å². The Labute approximate surface area is 166 Å². The average Bonchev–Trinajstić information content (AvgIpc) is 3.10. The maximum atomic E-state index is 5.50. The van der Waals surface area contributed by atoms with E-state index in [0.29, 0.717) is 6.17 Å². The van der Waals surface area contributed by atoms with Crippen LogP contribution in [-0.2, 0) is 0 Å². The minimum atomic E-state index is 0.386. The predicted octanol–water partition coefficient (Wildman–Crippen LogP) is 3.89. The van der Waals surface area contributed by atoms with Crippen molar-refractivity contribution in [3.8, 4) is 0 Å². The highest BCUT2D eigenvalue weighted by Crippen LogP contribution is 2.29. The average molecular weight is 376 g/mol. The number of unbranched alkanes of at least 4 members (excludes halogenated alkanes) is 6. The lowest BCUT2D eigenvalue weighted by Crippen LogP contribution is -2.24. The molecule has 0 aliphatic carbocycles. The minimum Gasteiger partial charge on any atom is -0.364 e. The maximum Gasteiger partial charge on any atom is 0.0965 e. The molecular weight excluding hydrogens is 334 g/mol. The van der Waals surface area contributed by atoms with E-state index in [1.807, 2.05) is 0 Å². The first-order valence-corrected chi connectivity index (χ1v) is 11.1. The molecule has 5 nitrogen and oxygen atoms in total. The third kappa shape index (κ3) is 9.99. The van der Waals surface area contributed by atoms with Gasteiger partial charge < -0.3 is 27.0 Å². The van der Waals surface area contributed by atoms with Gasteiger partial charge in [0.25, 0.3) is 0 Å². The molecule has 0 saturated carbocycles. The smallest absolute Gasteiger partial charge is 0.0965 e. The molecule has 0 bridgehead atoms. The second-order valence-corrected chi connectivity index (χ2v) is 7.65. The number of nitrogens with one attached hydrogen (secondary N) is 4. The van der Waals surface area contributed by atoms with Crippen LogP contribution in [0.3, 0.4) is 0 Å². The summed E-state index contributed by atoms with van der Waals surface area (Å²) in [6.45, 7) is 5.45. The third-order valence-electron chi connectivity index (χ3n) is 5.20. The zero-order valence-corrected chi connectivity index (χ0v) is 17.1. The Balaban J connectivity index is 1.27. The number of rotatable bonds is 17. The van der Waals surface area contributed by atoms with Gasteiger partial charge in [-0.1, -0.05) is 37.8 Å². The number of hydrogen-bond donors (Lipinski definition) is 5. The largest absolute Gasteiger partial charge is 0.364 e. The lowest BCUT2D eigenvalue weighted by molar-refractivity contribution is 0.538. The Morgan fingerprint density at radius 1 is 0.667 bits per heavy atom. The molecule has 27 heavy (non-hydrogen) atoms. The van der Waals surface area contributed by atoms with Crippen LogP contribution < -0.4 is 27.0 Å². The van der Waals surface area contributed by atoms with Gasteiger partial charge in [-0.2, -0.15) is 0 Å². The van der Waals surface area contributed by atoms with Gasteiger partial charge in [-0.05, 0) is 83.4 Å². The van der Waals surface area contributed by atoms with Crippen molar-refractivity contribution in [3.63, 3.8) is 0 Å². The van der Waals surface area contributed by atoms with E-state index >= 15 is 0 Å². The van der Waals surface area contributed by atoms with E-state index in [9.17, 15) is 0 Å². The van der Waals surface area contributed by atoms with Crippen LogP contribution in [-0.4, -0.2) is 38.9 Å². The van der Waals surface area contributed by atoms with E-state index in [2.05, 4.69) is 45.5 Å². The highest BCUT2D eigenvalue weighted by atomic mass is 15.2. The summed E-state index contributed by atoms with van der Waals surface area (Å²) in [4.78, 5) is 0. The summed E-state index contributed by atoms with van der Waals surface area (Å²) in [6, 6.07) is 8.44. The van der Waals surface area contributed by atoms with Gasteiger partial charge in [0.2, 0.25) is 0 Å². The molecule has 1 aliphatic rings. The van der Waals surface area contributed by atoms with E-state index in [1.165, 1.54) is 82.3 Å². The van der Waals surface area contributed by atoms with Gasteiger partial charge in [0.15, 0.2) is 0 Å². The summed E-state index contributed by atoms with van der Waals surface area (Å²) < 4.78 is 0. The lowest BCUT2D eigenvalue weighted by atomic mass is 10.1. The Morgan fingerprint density at radius 2 is 1.15 bits per heavy atom. The van der Waals surface area contributed by atoms with Crippen molar-refractivity contribution < 1.29 is 0 Å². The van der Waals surface area contributed by atoms with Crippen molar-refractivity contribution in [1.82, 2.24) is 10.6 Å². The van der Waals surface area contributed by atoms with E-state index in [-0.39, 0.29) is 0 Å². The molecular formula is C22H41N5. The number of para-hydroxylation sites is 2. The van der Waals surface area contributed by atoms with Crippen LogP contribution in [0.4, 0.5) is 11.4 Å². The van der Waals surface area contributed by atoms with Crippen LogP contribution in [0.15, 0.2) is 24.3 Å². The molecule has 2 rings (SSSR count). The molecule has 0 unspecified atom stereocenters. The first-order chi connectivity index (χ1) is 13.4. The molecule has 0 spiro atoms. The molecule has 6 N–H and O–H groups in total. The number of hydrogen-bond acceptors (Lipinski definition) is 5. The Bertz CT molecular complexity index is 455. The predicted molar refractivity (Wildman–Crippen MR) is 118 cm³/mol. The van der Waals surface area contributed by atoms with Gasteiger partial charge in [0.1, 0.15) is 0 Å². The van der Waals surface area contributed by atoms with Crippen molar-refractivity contribution in [3.05, 3.63) is 24.3 Å². The summed E-state index contributed by atoms with van der Waals surface area (Å²) >= 11 is 0. The zero-order valence-electron chi connectivity index (χ0n) is 17.1. The number of anilines is 2. The van der Waals surface area contributed by atoms with Crippen molar-refractivity contribution in [2.75, 3.05) is 43.4 Å². The van der Waals surface area contributed by atoms with Gasteiger partial charge in [-0.15, -0.1) is 0 Å². The quantitative estimate of drug-likeness (QED) is 0.267. The van der Waals surface area contributed by atoms with E-state index in [1.54, 1.807) is 0 Å². The van der Waals surface area contributed by atoms with E-state index < -0.39 is 0 Å². The summed E-state index contributed by atoms with van der Waals surface area (Å²) in [5, 5.41) is 14.2. The van der Waals surface area contributed by atoms with Crippen LogP contribution in [0.2, 0.25) is 0 Å². The van der Waals surface area contributed by atoms with Crippen LogP contribution in [0.1, 0.15) is 64.2 Å². The molecule has 0 fully saturated rings. The molecule has 1 aromatic carbocycles. The monoisotopic (exact) mass is 375 g/mol. The van der Waals surface area contributed by atoms with Crippen molar-refractivity contribution in [2.24, 2.45) is 5.73 Å². The SMILES string of the molecule is NCCCCCCNCCCCCCNCCCC1Nc2ccccc2N1. The number of nitrogens with two attached hydrogens (primary N) is 1. The molecule has 1 aromatic rings. The number of benzene rings is 1. The van der Waals surface area contributed by atoms with Gasteiger partial charge in [0.05, 0.1) is 17.5 Å². The zero-order chi connectivity index (χ0) is 19.0. The molecule has 154 valence electrons.